The molecule has 0 radical (unpaired) electrons. The Morgan fingerprint density at radius 1 is 1.03 bits per heavy atom. The Labute approximate surface area is 196 Å². The van der Waals surface area contributed by atoms with E-state index >= 15 is 0 Å². The number of nitrogens with one attached hydrogen (secondary N) is 3. The first-order valence-electron chi connectivity index (χ1n) is 11.2. The number of carbonyl (C=O) groups is 2. The molecule has 0 bridgehead atoms. The first-order chi connectivity index (χ1) is 16.2. The van der Waals surface area contributed by atoms with Crippen molar-refractivity contribution >= 4 is 45.4 Å². The van der Waals surface area contributed by atoms with Gasteiger partial charge in [0.2, 0.25) is 5.91 Å². The van der Waals surface area contributed by atoms with E-state index in [1.807, 2.05) is 60.1 Å². The second-order valence-electron chi connectivity index (χ2n) is 8.30. The van der Waals surface area contributed by atoms with Crippen molar-refractivity contribution in [2.75, 3.05) is 23.3 Å². The number of thiophene rings is 1. The Kier molecular flexibility index (Phi) is 6.13. The molecule has 1 aliphatic heterocycles. The van der Waals surface area contributed by atoms with Gasteiger partial charge in [0.25, 0.3) is 5.91 Å². The number of rotatable bonds is 7. The summed E-state index contributed by atoms with van der Waals surface area (Å²) in [4.78, 5) is 32.3. The topological polar surface area (TPSA) is 77.2 Å². The average Bonchev–Trinajstić information content (AvgIpc) is 3.61. The van der Waals surface area contributed by atoms with Crippen molar-refractivity contribution in [1.29, 1.82) is 0 Å². The van der Waals surface area contributed by atoms with Crippen LogP contribution in [0.1, 0.15) is 28.1 Å². The molecule has 6 nitrogen and oxygen atoms in total. The maximum absolute atomic E-state index is 13.4. The molecule has 0 spiro atoms. The van der Waals surface area contributed by atoms with Gasteiger partial charge in [-0.2, -0.15) is 0 Å². The third-order valence-electron chi connectivity index (χ3n) is 6.05. The van der Waals surface area contributed by atoms with Gasteiger partial charge in [0.15, 0.2) is 0 Å². The molecule has 1 aliphatic rings. The van der Waals surface area contributed by atoms with Gasteiger partial charge in [-0.3, -0.25) is 9.59 Å². The van der Waals surface area contributed by atoms with Crippen LogP contribution in [-0.4, -0.2) is 35.9 Å². The predicted molar refractivity (Wildman–Crippen MR) is 134 cm³/mol. The van der Waals surface area contributed by atoms with E-state index in [4.69, 9.17) is 0 Å². The van der Waals surface area contributed by atoms with Crippen molar-refractivity contribution in [1.82, 2.24) is 10.3 Å². The first-order valence-corrected chi connectivity index (χ1v) is 12.1. The van der Waals surface area contributed by atoms with Crippen LogP contribution in [0.25, 0.3) is 10.9 Å². The number of para-hydroxylation sites is 1. The molecule has 33 heavy (non-hydrogen) atoms. The van der Waals surface area contributed by atoms with Crippen molar-refractivity contribution in [3.05, 3.63) is 82.7 Å². The zero-order valence-electron chi connectivity index (χ0n) is 18.2. The number of H-pyrrole nitrogens is 1. The quantitative estimate of drug-likeness (QED) is 0.372. The molecule has 1 saturated heterocycles. The molecule has 0 aliphatic carbocycles. The lowest BCUT2D eigenvalue weighted by Gasteiger charge is -2.20. The monoisotopic (exact) mass is 458 g/mol. The standard InChI is InChI=1S/C26H26N4O2S/c31-25(28-19-7-5-8-20(16-19)30-12-3-4-13-30)23(29-26(32)24-11-6-14-33-24)15-18-17-27-22-10-2-1-9-21(18)22/h1-2,5-11,14,16-17,23,27H,3-4,12-13,15H2,(H,28,31)(H,29,32). The van der Waals surface area contributed by atoms with E-state index in [1.165, 1.54) is 24.2 Å². The third-order valence-corrected chi connectivity index (χ3v) is 6.92. The van der Waals surface area contributed by atoms with Crippen molar-refractivity contribution < 1.29 is 9.59 Å². The molecule has 2 aromatic heterocycles. The zero-order valence-corrected chi connectivity index (χ0v) is 19.0. The van der Waals surface area contributed by atoms with E-state index < -0.39 is 6.04 Å². The van der Waals surface area contributed by atoms with Crippen LogP contribution in [0.4, 0.5) is 11.4 Å². The van der Waals surface area contributed by atoms with Crippen molar-refractivity contribution in [3.63, 3.8) is 0 Å². The number of hydrogen-bond acceptors (Lipinski definition) is 4. The summed E-state index contributed by atoms with van der Waals surface area (Å²) in [6.45, 7) is 2.08. The van der Waals surface area contributed by atoms with Crippen molar-refractivity contribution in [2.24, 2.45) is 0 Å². The summed E-state index contributed by atoms with van der Waals surface area (Å²) >= 11 is 1.36. The molecule has 3 heterocycles. The maximum atomic E-state index is 13.4. The highest BCUT2D eigenvalue weighted by atomic mass is 32.1. The van der Waals surface area contributed by atoms with Gasteiger partial charge in [-0.1, -0.05) is 30.3 Å². The summed E-state index contributed by atoms with van der Waals surface area (Å²) in [5.74, 6) is -0.473. The molecular formula is C26H26N4O2S. The van der Waals surface area contributed by atoms with E-state index in [2.05, 4.69) is 26.6 Å². The first kappa shape index (κ1) is 21.3. The number of nitrogens with zero attached hydrogens (tertiary/aromatic N) is 1. The van der Waals surface area contributed by atoms with Gasteiger partial charge in [0, 0.05) is 48.0 Å². The number of aromatic amines is 1. The molecule has 2 amide bonds. The molecule has 5 rings (SSSR count). The average molecular weight is 459 g/mol. The number of fused-ring (bicyclic) bond motifs is 1. The highest BCUT2D eigenvalue weighted by Gasteiger charge is 2.24. The Morgan fingerprint density at radius 2 is 1.88 bits per heavy atom. The summed E-state index contributed by atoms with van der Waals surface area (Å²) in [5.41, 5.74) is 3.84. The minimum atomic E-state index is -0.714. The predicted octanol–water partition coefficient (Wildman–Crippen LogP) is 4.81. The molecule has 1 atom stereocenters. The molecule has 7 heteroatoms. The number of aromatic nitrogens is 1. The SMILES string of the molecule is O=C(NC(Cc1c[nH]c2ccccc12)C(=O)Nc1cccc(N2CCCC2)c1)c1cccs1. The number of amides is 2. The van der Waals surface area contributed by atoms with E-state index in [1.54, 1.807) is 6.07 Å². The van der Waals surface area contributed by atoms with E-state index in [-0.39, 0.29) is 11.8 Å². The normalized spacial score (nSPS) is 14.4. The summed E-state index contributed by atoms with van der Waals surface area (Å²) < 4.78 is 0. The molecule has 2 aromatic carbocycles. The highest BCUT2D eigenvalue weighted by Crippen LogP contribution is 2.24. The molecular weight excluding hydrogens is 432 g/mol. The van der Waals surface area contributed by atoms with Crippen LogP contribution in [-0.2, 0) is 11.2 Å². The molecule has 3 N–H and O–H groups in total. The Balaban J connectivity index is 1.37. The van der Waals surface area contributed by atoms with Crippen LogP contribution < -0.4 is 15.5 Å². The second kappa shape index (κ2) is 9.50. The van der Waals surface area contributed by atoms with Gasteiger partial charge in [-0.25, -0.2) is 0 Å². The van der Waals surface area contributed by atoms with Gasteiger partial charge in [-0.15, -0.1) is 11.3 Å². The van der Waals surface area contributed by atoms with Crippen LogP contribution in [0.3, 0.4) is 0 Å². The molecule has 168 valence electrons. The fraction of sp³-hybridized carbons (Fsp3) is 0.231. The molecule has 4 aromatic rings. The van der Waals surface area contributed by atoms with E-state index in [0.29, 0.717) is 11.3 Å². The summed E-state index contributed by atoms with van der Waals surface area (Å²) in [6, 6.07) is 18.8. The minimum Gasteiger partial charge on any atom is -0.371 e. The Bertz CT molecular complexity index is 1260. The zero-order chi connectivity index (χ0) is 22.6. The summed E-state index contributed by atoms with van der Waals surface area (Å²) in [5, 5.41) is 8.88. The van der Waals surface area contributed by atoms with Crippen molar-refractivity contribution in [3.8, 4) is 0 Å². The Hall–Kier alpha value is -3.58. The molecule has 1 unspecified atom stereocenters. The van der Waals surface area contributed by atoms with Crippen molar-refractivity contribution in [2.45, 2.75) is 25.3 Å². The fourth-order valence-corrected chi connectivity index (χ4v) is 4.98. The van der Waals surface area contributed by atoms with Gasteiger partial charge >= 0.3 is 0 Å². The van der Waals surface area contributed by atoms with Gasteiger partial charge in [-0.05, 0) is 54.1 Å². The smallest absolute Gasteiger partial charge is 0.262 e. The maximum Gasteiger partial charge on any atom is 0.262 e. The van der Waals surface area contributed by atoms with Gasteiger partial charge < -0.3 is 20.5 Å². The lowest BCUT2D eigenvalue weighted by Crippen LogP contribution is -2.45. The third kappa shape index (κ3) is 4.78. The van der Waals surface area contributed by atoms with Crippen LogP contribution in [0.2, 0.25) is 0 Å². The summed E-state index contributed by atoms with van der Waals surface area (Å²) in [7, 11) is 0. The van der Waals surface area contributed by atoms with Crippen LogP contribution in [0.15, 0.2) is 72.2 Å². The largest absolute Gasteiger partial charge is 0.371 e. The summed E-state index contributed by atoms with van der Waals surface area (Å²) in [6.07, 6.45) is 4.69. The van der Waals surface area contributed by atoms with Gasteiger partial charge in [0.05, 0.1) is 4.88 Å². The molecule has 0 saturated carbocycles. The lowest BCUT2D eigenvalue weighted by atomic mass is 10.0. The van der Waals surface area contributed by atoms with E-state index in [9.17, 15) is 9.59 Å². The van der Waals surface area contributed by atoms with Crippen LogP contribution in [0, 0.1) is 0 Å². The fourth-order valence-electron chi connectivity index (χ4n) is 4.35. The van der Waals surface area contributed by atoms with Crippen LogP contribution >= 0.6 is 11.3 Å². The number of anilines is 2. The van der Waals surface area contributed by atoms with Gasteiger partial charge in [0.1, 0.15) is 6.04 Å². The minimum absolute atomic E-state index is 0.233. The van der Waals surface area contributed by atoms with Crippen LogP contribution in [0.5, 0.6) is 0 Å². The number of carbonyl (C=O) groups excluding carboxylic acids is 2. The lowest BCUT2D eigenvalue weighted by molar-refractivity contribution is -0.118. The highest BCUT2D eigenvalue weighted by molar-refractivity contribution is 7.12. The Morgan fingerprint density at radius 3 is 2.70 bits per heavy atom. The van der Waals surface area contributed by atoms with E-state index in [0.717, 1.165) is 40.9 Å². The number of benzene rings is 2. The second-order valence-corrected chi connectivity index (χ2v) is 9.25. The number of hydrogen-bond donors (Lipinski definition) is 3. The molecule has 1 fully saturated rings.